The van der Waals surface area contributed by atoms with E-state index in [1.165, 1.54) is 24.0 Å². The molecular formula is C23H27NO2. The Hall–Kier alpha value is -1.82. The number of carbonyl (C=O) groups excluding carboxylic acids is 1. The lowest BCUT2D eigenvalue weighted by atomic mass is 9.55. The molecule has 4 atom stereocenters. The molecule has 0 radical (unpaired) electrons. The Kier molecular flexibility index (Phi) is 3.36. The van der Waals surface area contributed by atoms with Crippen LogP contribution in [0.25, 0.3) is 0 Å². The van der Waals surface area contributed by atoms with Gasteiger partial charge in [0.05, 0.1) is 5.56 Å². The summed E-state index contributed by atoms with van der Waals surface area (Å²) < 4.78 is 0. The van der Waals surface area contributed by atoms with Crippen LogP contribution in [0.15, 0.2) is 12.1 Å². The molecule has 0 bridgehead atoms. The van der Waals surface area contributed by atoms with Gasteiger partial charge in [-0.15, -0.1) is 0 Å². The van der Waals surface area contributed by atoms with Crippen molar-refractivity contribution in [2.24, 2.45) is 22.7 Å². The third-order valence-corrected chi connectivity index (χ3v) is 8.52. The molecule has 0 aromatic heterocycles. The van der Waals surface area contributed by atoms with Crippen LogP contribution in [0, 0.1) is 34.0 Å². The molecule has 3 fully saturated rings. The lowest BCUT2D eigenvalue weighted by Gasteiger charge is -2.48. The molecule has 26 heavy (non-hydrogen) atoms. The average molecular weight is 349 g/mol. The maximum Gasteiger partial charge on any atom is 0.145 e. The summed E-state index contributed by atoms with van der Waals surface area (Å²) >= 11 is 0. The van der Waals surface area contributed by atoms with Gasteiger partial charge < -0.3 is 5.11 Å². The topological polar surface area (TPSA) is 61.1 Å². The molecule has 3 nitrogen and oxygen atoms in total. The lowest BCUT2D eigenvalue weighted by molar-refractivity contribution is -0.135. The summed E-state index contributed by atoms with van der Waals surface area (Å²) in [5.41, 5.74) is 2.75. The van der Waals surface area contributed by atoms with Crippen molar-refractivity contribution in [3.05, 3.63) is 28.8 Å². The van der Waals surface area contributed by atoms with E-state index in [-0.39, 0.29) is 16.6 Å². The second-order valence-electron chi connectivity index (χ2n) is 9.57. The normalized spacial score (nSPS) is 37.1. The number of phenolic OH excluding ortho intramolecular Hbond substituents is 1. The van der Waals surface area contributed by atoms with E-state index in [4.69, 9.17) is 0 Å². The quantitative estimate of drug-likeness (QED) is 0.727. The number of aromatic hydroxyl groups is 1. The molecule has 4 aliphatic rings. The highest BCUT2D eigenvalue weighted by molar-refractivity contribution is 5.93. The van der Waals surface area contributed by atoms with E-state index in [0.717, 1.165) is 44.9 Å². The molecule has 136 valence electrons. The van der Waals surface area contributed by atoms with E-state index >= 15 is 0 Å². The standard InChI is InChI=1S/C23H27NO2/c1-22-9-6-16-17(19(22)12-23(21(22)26)7-2-3-8-23)5-4-14-11-20(25)15(13-24)10-18(14)16/h10-11,16-17,19,25H,2-9,12H2,1H3/t16?,17?,19?,22-/m0/s1. The van der Waals surface area contributed by atoms with Gasteiger partial charge in [0.1, 0.15) is 17.6 Å². The number of benzene rings is 1. The van der Waals surface area contributed by atoms with Crippen molar-refractivity contribution < 1.29 is 9.90 Å². The van der Waals surface area contributed by atoms with Crippen molar-refractivity contribution in [1.29, 1.82) is 5.26 Å². The molecule has 0 saturated heterocycles. The fraction of sp³-hybridized carbons (Fsp3) is 0.652. The molecule has 3 heteroatoms. The molecule has 1 aromatic carbocycles. The van der Waals surface area contributed by atoms with Crippen molar-refractivity contribution in [3.8, 4) is 11.8 Å². The van der Waals surface area contributed by atoms with Crippen molar-refractivity contribution in [3.63, 3.8) is 0 Å². The smallest absolute Gasteiger partial charge is 0.145 e. The minimum Gasteiger partial charge on any atom is -0.507 e. The first-order valence-electron chi connectivity index (χ1n) is 10.3. The number of fused-ring (bicyclic) bond motifs is 5. The third kappa shape index (κ3) is 1.96. The summed E-state index contributed by atoms with van der Waals surface area (Å²) in [6.45, 7) is 2.26. The Morgan fingerprint density at radius 1 is 1.19 bits per heavy atom. The van der Waals surface area contributed by atoms with Gasteiger partial charge in [-0.05, 0) is 86.0 Å². The van der Waals surface area contributed by atoms with Crippen LogP contribution >= 0.6 is 0 Å². The molecule has 0 heterocycles. The number of Topliss-reactive ketones (excluding diaryl/α,β-unsaturated/α-hetero) is 1. The van der Waals surface area contributed by atoms with E-state index in [9.17, 15) is 15.2 Å². The van der Waals surface area contributed by atoms with Crippen LogP contribution in [0.4, 0.5) is 0 Å². The SMILES string of the molecule is C[C@]12CCC3c4cc(C#N)c(O)cc4CCC3C1CC1(CCCC1)C2=O. The van der Waals surface area contributed by atoms with Gasteiger partial charge in [0, 0.05) is 10.8 Å². The zero-order valence-electron chi connectivity index (χ0n) is 15.6. The lowest BCUT2D eigenvalue weighted by Crippen LogP contribution is -2.43. The predicted octanol–water partition coefficient (Wildman–Crippen LogP) is 4.86. The summed E-state index contributed by atoms with van der Waals surface area (Å²) in [5.74, 6) is 2.21. The van der Waals surface area contributed by atoms with E-state index in [1.54, 1.807) is 0 Å². The van der Waals surface area contributed by atoms with Crippen molar-refractivity contribution in [2.75, 3.05) is 0 Å². The van der Waals surface area contributed by atoms with Crippen LogP contribution in [0.1, 0.15) is 80.9 Å². The zero-order valence-corrected chi connectivity index (χ0v) is 15.6. The number of nitriles is 1. The number of phenols is 1. The van der Waals surface area contributed by atoms with Gasteiger partial charge in [-0.2, -0.15) is 5.26 Å². The number of ketones is 1. The molecule has 0 amide bonds. The fourth-order valence-corrected chi connectivity index (χ4v) is 7.28. The van der Waals surface area contributed by atoms with Crippen molar-refractivity contribution in [1.82, 2.24) is 0 Å². The van der Waals surface area contributed by atoms with Gasteiger partial charge in [-0.1, -0.05) is 19.8 Å². The minimum atomic E-state index is -0.127. The average Bonchev–Trinajstić information content (AvgIpc) is 3.19. The van der Waals surface area contributed by atoms with Crippen LogP contribution in [0.2, 0.25) is 0 Å². The molecule has 1 spiro atoms. The van der Waals surface area contributed by atoms with Gasteiger partial charge in [-0.3, -0.25) is 4.79 Å². The second kappa shape index (κ2) is 5.35. The van der Waals surface area contributed by atoms with E-state index in [2.05, 4.69) is 13.0 Å². The molecule has 3 unspecified atom stereocenters. The molecule has 3 saturated carbocycles. The molecule has 0 aliphatic heterocycles. The molecule has 1 aromatic rings. The van der Waals surface area contributed by atoms with Gasteiger partial charge in [-0.25, -0.2) is 0 Å². The largest absolute Gasteiger partial charge is 0.507 e. The van der Waals surface area contributed by atoms with Crippen molar-refractivity contribution in [2.45, 2.75) is 70.6 Å². The van der Waals surface area contributed by atoms with Gasteiger partial charge in [0.15, 0.2) is 0 Å². The molecule has 5 rings (SSSR count). The van der Waals surface area contributed by atoms with Crippen LogP contribution in [0.5, 0.6) is 5.75 Å². The van der Waals surface area contributed by atoms with Crippen LogP contribution in [-0.4, -0.2) is 10.9 Å². The Bertz CT molecular complexity index is 829. The zero-order chi connectivity index (χ0) is 18.1. The van der Waals surface area contributed by atoms with Gasteiger partial charge in [0.25, 0.3) is 0 Å². The monoisotopic (exact) mass is 349 g/mol. The highest BCUT2D eigenvalue weighted by Gasteiger charge is 2.63. The first-order valence-corrected chi connectivity index (χ1v) is 10.3. The van der Waals surface area contributed by atoms with E-state index in [0.29, 0.717) is 29.1 Å². The number of hydrogen-bond donors (Lipinski definition) is 1. The summed E-state index contributed by atoms with van der Waals surface area (Å²) in [6, 6.07) is 5.89. The Morgan fingerprint density at radius 3 is 2.69 bits per heavy atom. The maximum atomic E-state index is 13.5. The first kappa shape index (κ1) is 16.4. The molecule has 4 aliphatic carbocycles. The summed E-state index contributed by atoms with van der Waals surface area (Å²) in [5, 5.41) is 19.4. The Labute approximate surface area is 155 Å². The van der Waals surface area contributed by atoms with E-state index in [1.807, 2.05) is 12.1 Å². The number of carbonyl (C=O) groups is 1. The number of rotatable bonds is 0. The van der Waals surface area contributed by atoms with Crippen LogP contribution in [-0.2, 0) is 11.2 Å². The van der Waals surface area contributed by atoms with E-state index < -0.39 is 0 Å². The summed E-state index contributed by atoms with van der Waals surface area (Å²) in [7, 11) is 0. The minimum absolute atomic E-state index is 0.0125. The number of hydrogen-bond acceptors (Lipinski definition) is 3. The third-order valence-electron chi connectivity index (χ3n) is 8.52. The number of nitrogens with zero attached hydrogens (tertiary/aromatic N) is 1. The number of aryl methyl sites for hydroxylation is 1. The van der Waals surface area contributed by atoms with Gasteiger partial charge >= 0.3 is 0 Å². The Morgan fingerprint density at radius 2 is 1.96 bits per heavy atom. The maximum absolute atomic E-state index is 13.5. The van der Waals surface area contributed by atoms with Gasteiger partial charge in [0.2, 0.25) is 0 Å². The molecule has 1 N–H and O–H groups in total. The highest BCUT2D eigenvalue weighted by Crippen LogP contribution is 2.66. The summed E-state index contributed by atoms with van der Waals surface area (Å²) in [4.78, 5) is 13.5. The van der Waals surface area contributed by atoms with Crippen LogP contribution < -0.4 is 0 Å². The fourth-order valence-electron chi connectivity index (χ4n) is 7.28. The predicted molar refractivity (Wildman–Crippen MR) is 98.7 cm³/mol. The highest BCUT2D eigenvalue weighted by atomic mass is 16.3. The Balaban J connectivity index is 1.55. The van der Waals surface area contributed by atoms with Crippen LogP contribution in [0.3, 0.4) is 0 Å². The van der Waals surface area contributed by atoms with Crippen molar-refractivity contribution >= 4 is 5.78 Å². The summed E-state index contributed by atoms with van der Waals surface area (Å²) in [6.07, 6.45) is 9.87. The molecular weight excluding hydrogens is 322 g/mol. The second-order valence-corrected chi connectivity index (χ2v) is 9.57. The first-order chi connectivity index (χ1) is 12.5.